The Morgan fingerprint density at radius 3 is 1.48 bits per heavy atom. The molecule has 4 amide bonds. The number of nitrogens with one attached hydrogen (secondary N) is 4. The van der Waals surface area contributed by atoms with Gasteiger partial charge in [-0.15, -0.1) is 0 Å². The first kappa shape index (κ1) is 45.4. The third-order valence-electron chi connectivity index (χ3n) is 9.02. The number of rotatable bonds is 22. The van der Waals surface area contributed by atoms with Crippen LogP contribution in [0, 0.1) is 11.8 Å². The van der Waals surface area contributed by atoms with Crippen molar-refractivity contribution in [2.45, 2.75) is 118 Å². The summed E-state index contributed by atoms with van der Waals surface area (Å²) in [5.74, 6) is -4.58. The number of amides is 4. The zero-order valence-electron chi connectivity index (χ0n) is 33.5. The summed E-state index contributed by atoms with van der Waals surface area (Å²) in [7, 11) is 0. The minimum atomic E-state index is -1.81. The molecule has 4 atom stereocenters. The summed E-state index contributed by atoms with van der Waals surface area (Å²) in [6.07, 6.45) is 0.0723. The van der Waals surface area contributed by atoms with Gasteiger partial charge in [0, 0.05) is 20.0 Å². The molecule has 0 aliphatic rings. The van der Waals surface area contributed by atoms with Crippen molar-refractivity contribution in [2.75, 3.05) is 19.8 Å². The Labute approximate surface area is 320 Å². The molecule has 2 aromatic rings. The van der Waals surface area contributed by atoms with Crippen molar-refractivity contribution >= 4 is 35.6 Å². The lowest BCUT2D eigenvalue weighted by Gasteiger charge is -2.35. The molecule has 0 saturated carbocycles. The van der Waals surface area contributed by atoms with Crippen molar-refractivity contribution in [1.82, 2.24) is 26.2 Å². The highest BCUT2D eigenvalue weighted by Crippen LogP contribution is 2.20. The number of benzene rings is 2. The maximum Gasteiger partial charge on any atom is 0.328 e. The van der Waals surface area contributed by atoms with Gasteiger partial charge in [-0.3, -0.25) is 24.1 Å². The van der Waals surface area contributed by atoms with E-state index in [1.807, 2.05) is 36.4 Å². The molecule has 0 bridgehead atoms. The first-order chi connectivity index (χ1) is 25.4. The van der Waals surface area contributed by atoms with E-state index in [0.717, 1.165) is 11.1 Å². The lowest BCUT2D eigenvalue weighted by molar-refractivity contribution is -0.149. The maximum absolute atomic E-state index is 14.2. The van der Waals surface area contributed by atoms with Crippen molar-refractivity contribution in [3.8, 4) is 0 Å². The van der Waals surface area contributed by atoms with Crippen LogP contribution in [0.5, 0.6) is 0 Å². The molecule has 0 radical (unpaired) electrons. The standard InChI is InChI=1S/C41H61N5O8/c1-10-53-36(49)34(28(3)4)42-38(51)40(8,23-18-24-46(26-31-19-14-12-15-20-31)27-32-21-16-13-17-22-32)45-33(48)25-41(9,44-30(7)47)39(52)43-35(29(5)6)37(50)54-11-2/h12-17,19-22,28-29,34-35H,10-11,18,23-27H2,1-9H3,(H,42,51)(H,43,52)(H,44,47)(H,45,48)/t34-,35-,40+,41+/m0/s1. The molecule has 13 heteroatoms. The summed E-state index contributed by atoms with van der Waals surface area (Å²) in [4.78, 5) is 81.9. The molecule has 0 aliphatic carbocycles. The summed E-state index contributed by atoms with van der Waals surface area (Å²) in [5, 5.41) is 10.9. The predicted molar refractivity (Wildman–Crippen MR) is 206 cm³/mol. The molecule has 0 spiro atoms. The van der Waals surface area contributed by atoms with Gasteiger partial charge in [0.1, 0.15) is 23.2 Å². The summed E-state index contributed by atoms with van der Waals surface area (Å²) < 4.78 is 10.4. The fraction of sp³-hybridized carbons (Fsp3) is 0.561. The number of hydrogen-bond acceptors (Lipinski definition) is 9. The highest BCUT2D eigenvalue weighted by molar-refractivity contribution is 5.99. The zero-order chi connectivity index (χ0) is 40.5. The predicted octanol–water partition coefficient (Wildman–Crippen LogP) is 4.04. The Morgan fingerprint density at radius 2 is 1.09 bits per heavy atom. The largest absolute Gasteiger partial charge is 0.464 e. The van der Waals surface area contributed by atoms with Gasteiger partial charge in [0.25, 0.3) is 0 Å². The van der Waals surface area contributed by atoms with Crippen molar-refractivity contribution in [3.63, 3.8) is 0 Å². The van der Waals surface area contributed by atoms with Crippen LogP contribution in [0.25, 0.3) is 0 Å². The van der Waals surface area contributed by atoms with E-state index in [-0.39, 0.29) is 31.5 Å². The molecule has 0 unspecified atom stereocenters. The second-order valence-electron chi connectivity index (χ2n) is 14.8. The average molecular weight is 752 g/mol. The highest BCUT2D eigenvalue weighted by atomic mass is 16.5. The van der Waals surface area contributed by atoms with Gasteiger partial charge in [-0.05, 0) is 70.0 Å². The van der Waals surface area contributed by atoms with E-state index in [1.54, 1.807) is 48.5 Å². The number of ether oxygens (including phenoxy) is 2. The first-order valence-corrected chi connectivity index (χ1v) is 18.8. The van der Waals surface area contributed by atoms with Crippen molar-refractivity contribution in [1.29, 1.82) is 0 Å². The van der Waals surface area contributed by atoms with Gasteiger partial charge < -0.3 is 30.7 Å². The van der Waals surface area contributed by atoms with Gasteiger partial charge >= 0.3 is 11.9 Å². The Balaban J connectivity index is 2.41. The SMILES string of the molecule is CCOC(=O)[C@@H](NC(=O)[C@@](C)(CC(=O)N[C@](C)(CCCN(Cc1ccccc1)Cc1ccccc1)C(=O)N[C@H](C(=O)OCC)C(C)C)NC(C)=O)C(C)C. The van der Waals surface area contributed by atoms with Crippen molar-refractivity contribution in [2.24, 2.45) is 11.8 Å². The molecule has 13 nitrogen and oxygen atoms in total. The van der Waals surface area contributed by atoms with Crippen LogP contribution in [0.1, 0.15) is 92.7 Å². The molecule has 0 aromatic heterocycles. The zero-order valence-corrected chi connectivity index (χ0v) is 33.5. The van der Waals surface area contributed by atoms with Crippen LogP contribution in [0.4, 0.5) is 0 Å². The fourth-order valence-electron chi connectivity index (χ4n) is 6.09. The number of nitrogens with zero attached hydrogens (tertiary/aromatic N) is 1. The van der Waals surface area contributed by atoms with E-state index in [1.165, 1.54) is 13.8 Å². The van der Waals surface area contributed by atoms with Gasteiger partial charge in [-0.25, -0.2) is 9.59 Å². The van der Waals surface area contributed by atoms with Gasteiger partial charge in [-0.2, -0.15) is 0 Å². The van der Waals surface area contributed by atoms with E-state index in [0.29, 0.717) is 26.1 Å². The number of hydrogen-bond donors (Lipinski definition) is 4. The summed E-state index contributed by atoms with van der Waals surface area (Å²) in [6.45, 7) is 16.6. The quantitative estimate of drug-likeness (QED) is 0.130. The minimum absolute atomic E-state index is 0.105. The highest BCUT2D eigenvalue weighted by Gasteiger charge is 2.43. The Kier molecular flexibility index (Phi) is 18.3. The summed E-state index contributed by atoms with van der Waals surface area (Å²) in [5.41, 5.74) is -1.12. The molecule has 0 heterocycles. The van der Waals surface area contributed by atoms with Gasteiger partial charge in [0.15, 0.2) is 0 Å². The minimum Gasteiger partial charge on any atom is -0.464 e. The van der Waals surface area contributed by atoms with E-state index >= 15 is 0 Å². The summed E-state index contributed by atoms with van der Waals surface area (Å²) >= 11 is 0. The van der Waals surface area contributed by atoms with E-state index in [2.05, 4.69) is 50.4 Å². The topological polar surface area (TPSA) is 172 Å². The molecule has 0 saturated heterocycles. The second-order valence-corrected chi connectivity index (χ2v) is 14.8. The van der Waals surface area contributed by atoms with E-state index in [9.17, 15) is 28.8 Å². The van der Waals surface area contributed by atoms with Crippen LogP contribution in [-0.4, -0.2) is 83.4 Å². The van der Waals surface area contributed by atoms with Crippen LogP contribution in [0.15, 0.2) is 60.7 Å². The van der Waals surface area contributed by atoms with E-state index in [4.69, 9.17) is 9.47 Å². The molecular formula is C41H61N5O8. The molecule has 0 fully saturated rings. The van der Waals surface area contributed by atoms with Crippen LogP contribution in [0.2, 0.25) is 0 Å². The second kappa shape index (κ2) is 21.8. The van der Waals surface area contributed by atoms with Crippen LogP contribution < -0.4 is 21.3 Å². The Bertz CT molecular complexity index is 1490. The monoisotopic (exact) mass is 751 g/mol. The van der Waals surface area contributed by atoms with Crippen molar-refractivity contribution in [3.05, 3.63) is 71.8 Å². The molecular weight excluding hydrogens is 690 g/mol. The lowest BCUT2D eigenvalue weighted by Crippen LogP contribution is -2.64. The van der Waals surface area contributed by atoms with Crippen LogP contribution >= 0.6 is 0 Å². The fourth-order valence-corrected chi connectivity index (χ4v) is 6.09. The van der Waals surface area contributed by atoms with Crippen LogP contribution in [0.3, 0.4) is 0 Å². The molecule has 0 aliphatic heterocycles. The number of carbonyl (C=O) groups is 6. The van der Waals surface area contributed by atoms with Gasteiger partial charge in [0.2, 0.25) is 23.6 Å². The molecule has 2 rings (SSSR count). The normalized spacial score (nSPS) is 14.6. The summed E-state index contributed by atoms with van der Waals surface area (Å²) in [6, 6.07) is 18.0. The lowest BCUT2D eigenvalue weighted by atomic mass is 9.90. The molecule has 54 heavy (non-hydrogen) atoms. The molecule has 298 valence electrons. The van der Waals surface area contributed by atoms with E-state index < -0.39 is 65.1 Å². The molecule has 4 N–H and O–H groups in total. The third-order valence-corrected chi connectivity index (χ3v) is 9.02. The third kappa shape index (κ3) is 14.6. The van der Waals surface area contributed by atoms with Gasteiger partial charge in [-0.1, -0.05) is 88.4 Å². The van der Waals surface area contributed by atoms with Gasteiger partial charge in [0.05, 0.1) is 19.6 Å². The van der Waals surface area contributed by atoms with Crippen LogP contribution in [-0.2, 0) is 51.3 Å². The Hall–Kier alpha value is -4.78. The first-order valence-electron chi connectivity index (χ1n) is 18.8. The number of esters is 2. The number of carbonyl (C=O) groups excluding carboxylic acids is 6. The Morgan fingerprint density at radius 1 is 0.667 bits per heavy atom. The van der Waals surface area contributed by atoms with Crippen molar-refractivity contribution < 1.29 is 38.2 Å². The maximum atomic E-state index is 14.2. The smallest absolute Gasteiger partial charge is 0.328 e. The average Bonchev–Trinajstić information content (AvgIpc) is 3.09. The molecule has 2 aromatic carbocycles.